The summed E-state index contributed by atoms with van der Waals surface area (Å²) in [5.41, 5.74) is 0. The van der Waals surface area contributed by atoms with E-state index >= 15 is 0 Å². The molecule has 0 aromatic carbocycles. The van der Waals surface area contributed by atoms with E-state index in [1.54, 1.807) is 6.20 Å². The average molecular weight is 274 g/mol. The molecule has 1 heterocycles. The van der Waals surface area contributed by atoms with E-state index < -0.39 is 0 Å². The molecule has 1 aliphatic carbocycles. The minimum Gasteiger partial charge on any atom is -0.360 e. The second-order valence-electron chi connectivity index (χ2n) is 5.75. The molecule has 1 N–H and O–H groups in total. The first kappa shape index (κ1) is 15.0. The van der Waals surface area contributed by atoms with Gasteiger partial charge in [0.2, 0.25) is 0 Å². The van der Waals surface area contributed by atoms with Crippen molar-refractivity contribution in [2.45, 2.75) is 70.3 Å². The van der Waals surface area contributed by atoms with Crippen LogP contribution < -0.4 is 5.32 Å². The molecular weight excluding hydrogens is 248 g/mol. The highest BCUT2D eigenvalue weighted by molar-refractivity contribution is 5.86. The molecule has 0 aliphatic heterocycles. The van der Waals surface area contributed by atoms with Gasteiger partial charge in [-0.25, -0.2) is 4.98 Å². The quantitative estimate of drug-likeness (QED) is 0.872. The number of pyridine rings is 1. The Morgan fingerprint density at radius 2 is 1.65 bits per heavy atom. The van der Waals surface area contributed by atoms with Crippen molar-refractivity contribution >= 4 is 11.6 Å². The Balaban J connectivity index is 1.92. The summed E-state index contributed by atoms with van der Waals surface area (Å²) in [6, 6.07) is 5.73. The third kappa shape index (κ3) is 5.32. The van der Waals surface area contributed by atoms with Crippen molar-refractivity contribution in [3.05, 3.63) is 24.4 Å². The topological polar surface area (TPSA) is 42.0 Å². The van der Waals surface area contributed by atoms with Crippen LogP contribution >= 0.6 is 0 Å². The molecule has 3 nitrogen and oxygen atoms in total. The van der Waals surface area contributed by atoms with Gasteiger partial charge in [-0.1, -0.05) is 51.0 Å². The van der Waals surface area contributed by atoms with E-state index in [1.165, 1.54) is 38.5 Å². The van der Waals surface area contributed by atoms with Crippen molar-refractivity contribution in [1.29, 1.82) is 0 Å². The van der Waals surface area contributed by atoms with E-state index in [9.17, 15) is 4.79 Å². The molecular formula is C17H26N2O. The van der Waals surface area contributed by atoms with Gasteiger partial charge in [0.05, 0.1) is 6.04 Å². The third-order valence-electron chi connectivity index (χ3n) is 4.04. The number of nitrogens with one attached hydrogen (secondary N) is 1. The number of nitrogens with zero attached hydrogens (tertiary/aromatic N) is 1. The molecule has 0 bridgehead atoms. The number of carbonyl (C=O) groups excluding carboxylic acids is 1. The zero-order chi connectivity index (χ0) is 14.0. The standard InChI is InChI=1S/C17H26N2O/c20-16-12-8-6-4-2-1-3-5-7-11-15(16)19-17-13-9-10-14-18-17/h9-10,13-15H,1-8,11-12H2,(H,18,19). The molecule has 0 saturated heterocycles. The lowest BCUT2D eigenvalue weighted by Gasteiger charge is -2.19. The number of carbonyl (C=O) groups is 1. The van der Waals surface area contributed by atoms with Gasteiger partial charge in [0.1, 0.15) is 5.82 Å². The second-order valence-corrected chi connectivity index (χ2v) is 5.75. The Labute approximate surface area is 122 Å². The summed E-state index contributed by atoms with van der Waals surface area (Å²) < 4.78 is 0. The van der Waals surface area contributed by atoms with Gasteiger partial charge in [-0.15, -0.1) is 0 Å². The molecule has 0 radical (unpaired) electrons. The molecule has 1 unspecified atom stereocenters. The minimum absolute atomic E-state index is 0.0515. The predicted molar refractivity (Wildman–Crippen MR) is 82.8 cm³/mol. The van der Waals surface area contributed by atoms with E-state index in [4.69, 9.17) is 0 Å². The number of ketones is 1. The lowest BCUT2D eigenvalue weighted by atomic mass is 9.97. The number of hydrogen-bond donors (Lipinski definition) is 1. The zero-order valence-electron chi connectivity index (χ0n) is 12.3. The van der Waals surface area contributed by atoms with Gasteiger partial charge in [0.15, 0.2) is 5.78 Å². The lowest BCUT2D eigenvalue weighted by molar-refractivity contribution is -0.120. The first-order valence-corrected chi connectivity index (χ1v) is 8.06. The zero-order valence-corrected chi connectivity index (χ0v) is 12.3. The highest BCUT2D eigenvalue weighted by Crippen LogP contribution is 2.17. The fraction of sp³-hybridized carbons (Fsp3) is 0.647. The molecule has 1 aliphatic rings. The maximum Gasteiger partial charge on any atom is 0.155 e. The summed E-state index contributed by atoms with van der Waals surface area (Å²) in [5, 5.41) is 3.32. The molecule has 1 fully saturated rings. The van der Waals surface area contributed by atoms with Crippen LogP contribution in [0.4, 0.5) is 5.82 Å². The molecule has 110 valence electrons. The molecule has 0 spiro atoms. The molecule has 20 heavy (non-hydrogen) atoms. The van der Waals surface area contributed by atoms with Gasteiger partial charge in [0.25, 0.3) is 0 Å². The summed E-state index contributed by atoms with van der Waals surface area (Å²) in [7, 11) is 0. The molecule has 3 heteroatoms. The Bertz CT molecular complexity index is 391. The van der Waals surface area contributed by atoms with Crippen LogP contribution in [0.15, 0.2) is 24.4 Å². The van der Waals surface area contributed by atoms with E-state index in [0.29, 0.717) is 12.2 Å². The van der Waals surface area contributed by atoms with Crippen molar-refractivity contribution in [1.82, 2.24) is 4.98 Å². The van der Waals surface area contributed by atoms with Crippen LogP contribution in [0.2, 0.25) is 0 Å². The van der Waals surface area contributed by atoms with Gasteiger partial charge in [-0.2, -0.15) is 0 Å². The fourth-order valence-corrected chi connectivity index (χ4v) is 2.82. The fourth-order valence-electron chi connectivity index (χ4n) is 2.82. The van der Waals surface area contributed by atoms with Gasteiger partial charge in [-0.05, 0) is 25.0 Å². The Hall–Kier alpha value is -1.38. The van der Waals surface area contributed by atoms with Gasteiger partial charge >= 0.3 is 0 Å². The molecule has 1 aromatic heterocycles. The number of aromatic nitrogens is 1. The molecule has 1 saturated carbocycles. The number of rotatable bonds is 2. The van der Waals surface area contributed by atoms with Crippen molar-refractivity contribution < 1.29 is 4.79 Å². The number of Topliss-reactive ketones (excluding diaryl/α,β-unsaturated/α-hetero) is 1. The first-order chi connectivity index (χ1) is 9.86. The normalized spacial score (nSPS) is 22.6. The van der Waals surface area contributed by atoms with Crippen LogP contribution in [-0.4, -0.2) is 16.8 Å². The van der Waals surface area contributed by atoms with E-state index in [2.05, 4.69) is 10.3 Å². The Kier molecular flexibility index (Phi) is 6.55. The Morgan fingerprint density at radius 1 is 0.950 bits per heavy atom. The summed E-state index contributed by atoms with van der Waals surface area (Å²) in [6.07, 6.45) is 13.3. The first-order valence-electron chi connectivity index (χ1n) is 8.06. The maximum atomic E-state index is 12.3. The largest absolute Gasteiger partial charge is 0.360 e. The summed E-state index contributed by atoms with van der Waals surface area (Å²) in [4.78, 5) is 16.6. The number of anilines is 1. The molecule has 0 amide bonds. The van der Waals surface area contributed by atoms with Crippen LogP contribution in [0.3, 0.4) is 0 Å². The minimum atomic E-state index is -0.0515. The summed E-state index contributed by atoms with van der Waals surface area (Å²) in [5.74, 6) is 1.18. The van der Waals surface area contributed by atoms with Gasteiger partial charge < -0.3 is 5.32 Å². The summed E-state index contributed by atoms with van der Waals surface area (Å²) >= 11 is 0. The van der Waals surface area contributed by atoms with Crippen molar-refractivity contribution in [2.75, 3.05) is 5.32 Å². The lowest BCUT2D eigenvalue weighted by Crippen LogP contribution is -2.30. The van der Waals surface area contributed by atoms with Crippen LogP contribution in [0, 0.1) is 0 Å². The number of hydrogen-bond acceptors (Lipinski definition) is 3. The maximum absolute atomic E-state index is 12.3. The average Bonchev–Trinajstić information content (AvgIpc) is 2.47. The van der Waals surface area contributed by atoms with Crippen LogP contribution in [-0.2, 0) is 4.79 Å². The second kappa shape index (κ2) is 8.72. The van der Waals surface area contributed by atoms with Crippen LogP contribution in [0.1, 0.15) is 64.2 Å². The highest BCUT2D eigenvalue weighted by atomic mass is 16.1. The molecule has 2 rings (SSSR count). The van der Waals surface area contributed by atoms with Crippen molar-refractivity contribution in [2.24, 2.45) is 0 Å². The van der Waals surface area contributed by atoms with Crippen molar-refractivity contribution in [3.8, 4) is 0 Å². The van der Waals surface area contributed by atoms with E-state index in [1.807, 2.05) is 18.2 Å². The smallest absolute Gasteiger partial charge is 0.155 e. The highest BCUT2D eigenvalue weighted by Gasteiger charge is 2.18. The van der Waals surface area contributed by atoms with E-state index in [0.717, 1.165) is 25.1 Å². The Morgan fingerprint density at radius 3 is 2.35 bits per heavy atom. The molecule has 1 aromatic rings. The predicted octanol–water partition coefficient (Wildman–Crippen LogP) is 4.35. The SMILES string of the molecule is O=C1CCCCCCCCCCC1Nc1ccccn1. The third-order valence-corrected chi connectivity index (χ3v) is 4.04. The van der Waals surface area contributed by atoms with Crippen LogP contribution in [0.5, 0.6) is 0 Å². The van der Waals surface area contributed by atoms with E-state index in [-0.39, 0.29) is 6.04 Å². The molecule has 1 atom stereocenters. The monoisotopic (exact) mass is 274 g/mol. The summed E-state index contributed by atoms with van der Waals surface area (Å²) in [6.45, 7) is 0. The van der Waals surface area contributed by atoms with Gasteiger partial charge in [-0.3, -0.25) is 4.79 Å². The van der Waals surface area contributed by atoms with Crippen LogP contribution in [0.25, 0.3) is 0 Å². The van der Waals surface area contributed by atoms with Gasteiger partial charge in [0, 0.05) is 12.6 Å². The van der Waals surface area contributed by atoms with Crippen molar-refractivity contribution in [3.63, 3.8) is 0 Å².